The van der Waals surface area contributed by atoms with Crippen LogP contribution in [0, 0.1) is 0 Å². The van der Waals surface area contributed by atoms with Crippen molar-refractivity contribution in [3.63, 3.8) is 0 Å². The molecule has 0 aromatic heterocycles. The zero-order valence-electron chi connectivity index (χ0n) is 15.7. The molecule has 2 aromatic carbocycles. The van der Waals surface area contributed by atoms with Crippen LogP contribution in [0.2, 0.25) is 0 Å². The fourth-order valence-electron chi connectivity index (χ4n) is 2.92. The molecule has 1 atom stereocenters. The van der Waals surface area contributed by atoms with Crippen LogP contribution in [0.1, 0.15) is 27.6 Å². The summed E-state index contributed by atoms with van der Waals surface area (Å²) in [6.45, 7) is 1.16. The first-order valence-electron chi connectivity index (χ1n) is 8.64. The lowest BCUT2D eigenvalue weighted by Crippen LogP contribution is -2.47. The van der Waals surface area contributed by atoms with Crippen molar-refractivity contribution in [1.29, 1.82) is 0 Å². The second-order valence-corrected chi connectivity index (χ2v) is 6.26. The topological polar surface area (TPSA) is 122 Å². The molecule has 150 valence electrons. The van der Waals surface area contributed by atoms with Gasteiger partial charge in [0.25, 0.3) is 5.91 Å². The number of hydrogen-bond acceptors (Lipinski definition) is 6. The van der Waals surface area contributed by atoms with E-state index >= 15 is 0 Å². The Hall–Kier alpha value is -3.88. The van der Waals surface area contributed by atoms with Crippen molar-refractivity contribution in [1.82, 2.24) is 0 Å². The first kappa shape index (κ1) is 19.9. The van der Waals surface area contributed by atoms with Gasteiger partial charge in [0.05, 0.1) is 29.6 Å². The van der Waals surface area contributed by atoms with Crippen LogP contribution in [0.4, 0.5) is 11.4 Å². The van der Waals surface area contributed by atoms with Gasteiger partial charge in [-0.3, -0.25) is 14.5 Å². The molecule has 0 aliphatic carbocycles. The van der Waals surface area contributed by atoms with Crippen molar-refractivity contribution in [2.45, 2.75) is 13.0 Å². The van der Waals surface area contributed by atoms with Gasteiger partial charge in [-0.25, -0.2) is 9.59 Å². The van der Waals surface area contributed by atoms with Gasteiger partial charge >= 0.3 is 11.9 Å². The lowest BCUT2D eigenvalue weighted by Gasteiger charge is -2.32. The predicted molar refractivity (Wildman–Crippen MR) is 102 cm³/mol. The second kappa shape index (κ2) is 8.01. The van der Waals surface area contributed by atoms with E-state index in [1.807, 2.05) is 0 Å². The smallest absolute Gasteiger partial charge is 0.339 e. The lowest BCUT2D eigenvalue weighted by molar-refractivity contribution is -0.127. The van der Waals surface area contributed by atoms with Gasteiger partial charge in [-0.1, -0.05) is 12.1 Å². The summed E-state index contributed by atoms with van der Waals surface area (Å²) >= 11 is 0. The van der Waals surface area contributed by atoms with E-state index in [2.05, 4.69) is 5.32 Å². The van der Waals surface area contributed by atoms with Crippen LogP contribution in [-0.2, 0) is 14.3 Å². The molecule has 2 N–H and O–H groups in total. The van der Waals surface area contributed by atoms with Gasteiger partial charge in [0.1, 0.15) is 12.3 Å². The number of aromatic carboxylic acids is 1. The average Bonchev–Trinajstić information content (AvgIpc) is 2.70. The molecule has 1 heterocycles. The number of methoxy groups -OCH3 is 1. The van der Waals surface area contributed by atoms with Crippen molar-refractivity contribution in [3.05, 3.63) is 53.6 Å². The molecule has 0 spiro atoms. The highest BCUT2D eigenvalue weighted by molar-refractivity contribution is 6.08. The van der Waals surface area contributed by atoms with E-state index in [9.17, 15) is 19.2 Å². The van der Waals surface area contributed by atoms with Crippen molar-refractivity contribution < 1.29 is 33.8 Å². The van der Waals surface area contributed by atoms with Gasteiger partial charge in [0.2, 0.25) is 5.91 Å². The van der Waals surface area contributed by atoms with Crippen LogP contribution in [0.25, 0.3) is 0 Å². The molecule has 29 heavy (non-hydrogen) atoms. The van der Waals surface area contributed by atoms with Gasteiger partial charge in [-0.15, -0.1) is 0 Å². The van der Waals surface area contributed by atoms with Crippen LogP contribution in [0.3, 0.4) is 0 Å². The Morgan fingerprint density at radius 3 is 2.62 bits per heavy atom. The van der Waals surface area contributed by atoms with E-state index in [1.165, 1.54) is 43.2 Å². The molecular formula is C20H18N2O7. The SMILES string of the molecule is COC(=O)c1ccccc1NC(=O)CN1C(=O)C(C)Oc2cc(C(=O)O)ccc21. The van der Waals surface area contributed by atoms with E-state index in [1.54, 1.807) is 18.2 Å². The van der Waals surface area contributed by atoms with Crippen molar-refractivity contribution >= 4 is 35.1 Å². The highest BCUT2D eigenvalue weighted by Gasteiger charge is 2.33. The monoisotopic (exact) mass is 398 g/mol. The summed E-state index contributed by atoms with van der Waals surface area (Å²) in [5.74, 6) is -2.54. The van der Waals surface area contributed by atoms with Gasteiger partial charge in [0, 0.05) is 0 Å². The van der Waals surface area contributed by atoms with Crippen molar-refractivity contribution in [3.8, 4) is 5.75 Å². The Morgan fingerprint density at radius 2 is 1.93 bits per heavy atom. The third kappa shape index (κ3) is 4.03. The number of carbonyl (C=O) groups is 4. The summed E-state index contributed by atoms with van der Waals surface area (Å²) in [5, 5.41) is 11.7. The molecule has 1 aliphatic heterocycles. The van der Waals surface area contributed by atoms with Crippen LogP contribution in [0.5, 0.6) is 5.75 Å². The number of carbonyl (C=O) groups excluding carboxylic acids is 3. The summed E-state index contributed by atoms with van der Waals surface area (Å²) in [6.07, 6.45) is -0.887. The van der Waals surface area contributed by atoms with E-state index in [-0.39, 0.29) is 34.8 Å². The Kier molecular flexibility index (Phi) is 5.49. The number of rotatable bonds is 5. The summed E-state index contributed by atoms with van der Waals surface area (Å²) in [6, 6.07) is 10.4. The highest BCUT2D eigenvalue weighted by atomic mass is 16.5. The summed E-state index contributed by atoms with van der Waals surface area (Å²) in [7, 11) is 1.23. The van der Waals surface area contributed by atoms with Gasteiger partial charge in [0.15, 0.2) is 6.10 Å². The summed E-state index contributed by atoms with van der Waals surface area (Å²) < 4.78 is 10.2. The summed E-state index contributed by atoms with van der Waals surface area (Å²) in [5.41, 5.74) is 0.715. The minimum absolute atomic E-state index is 0.00158. The number of nitrogens with zero attached hydrogens (tertiary/aromatic N) is 1. The van der Waals surface area contributed by atoms with Crippen LogP contribution < -0.4 is 15.0 Å². The Bertz CT molecular complexity index is 1000. The maximum absolute atomic E-state index is 12.6. The second-order valence-electron chi connectivity index (χ2n) is 6.26. The minimum atomic E-state index is -1.13. The Balaban J connectivity index is 1.85. The van der Waals surface area contributed by atoms with Crippen molar-refractivity contribution in [2.75, 3.05) is 23.9 Å². The number of ether oxygens (including phenoxy) is 2. The number of anilines is 2. The molecule has 0 saturated carbocycles. The molecule has 0 bridgehead atoms. The maximum atomic E-state index is 12.6. The molecular weight excluding hydrogens is 380 g/mol. The predicted octanol–water partition coefficient (Wildman–Crippen LogP) is 1.92. The zero-order valence-corrected chi connectivity index (χ0v) is 15.7. The van der Waals surface area contributed by atoms with E-state index in [0.29, 0.717) is 0 Å². The number of fused-ring (bicyclic) bond motifs is 1. The zero-order chi connectivity index (χ0) is 21.1. The third-order valence-electron chi connectivity index (χ3n) is 4.32. The van der Waals surface area contributed by atoms with E-state index < -0.39 is 29.9 Å². The number of carboxylic acid groups (broad SMARTS) is 1. The molecule has 0 saturated heterocycles. The number of carboxylic acids is 1. The molecule has 1 unspecified atom stereocenters. The van der Waals surface area contributed by atoms with Crippen LogP contribution in [-0.4, -0.2) is 48.6 Å². The average molecular weight is 398 g/mol. The van der Waals surface area contributed by atoms with Gasteiger partial charge in [-0.05, 0) is 37.3 Å². The standard InChI is InChI=1S/C20H18N2O7/c1-11-18(24)22(15-8-7-12(19(25)26)9-16(15)29-11)10-17(23)21-14-6-4-3-5-13(14)20(27)28-2/h3-9,11H,10H2,1-2H3,(H,21,23)(H,25,26). The van der Waals surface area contributed by atoms with E-state index in [4.69, 9.17) is 14.6 Å². The maximum Gasteiger partial charge on any atom is 0.339 e. The number of nitrogens with one attached hydrogen (secondary N) is 1. The Morgan fingerprint density at radius 1 is 1.21 bits per heavy atom. The van der Waals surface area contributed by atoms with Gasteiger partial charge in [-0.2, -0.15) is 0 Å². The number of amides is 2. The third-order valence-corrected chi connectivity index (χ3v) is 4.32. The molecule has 0 fully saturated rings. The fourth-order valence-corrected chi connectivity index (χ4v) is 2.92. The molecule has 9 nitrogen and oxygen atoms in total. The highest BCUT2D eigenvalue weighted by Crippen LogP contribution is 2.35. The first-order valence-corrected chi connectivity index (χ1v) is 8.64. The number of benzene rings is 2. The number of hydrogen-bond donors (Lipinski definition) is 2. The van der Waals surface area contributed by atoms with Crippen LogP contribution in [0.15, 0.2) is 42.5 Å². The normalized spacial score (nSPS) is 15.2. The quantitative estimate of drug-likeness (QED) is 0.738. The van der Waals surface area contributed by atoms with E-state index in [0.717, 1.165) is 0 Å². The fraction of sp³-hybridized carbons (Fsp3) is 0.200. The summed E-state index contributed by atoms with van der Waals surface area (Å²) in [4.78, 5) is 49.4. The van der Waals surface area contributed by atoms with Crippen molar-refractivity contribution in [2.24, 2.45) is 0 Å². The van der Waals surface area contributed by atoms with Crippen LogP contribution >= 0.6 is 0 Å². The largest absolute Gasteiger partial charge is 0.479 e. The molecule has 1 aliphatic rings. The lowest BCUT2D eigenvalue weighted by atomic mass is 10.1. The minimum Gasteiger partial charge on any atom is -0.479 e. The molecule has 2 amide bonds. The van der Waals surface area contributed by atoms with Gasteiger partial charge < -0.3 is 19.9 Å². The number of para-hydroxylation sites is 1. The molecule has 2 aromatic rings. The molecule has 0 radical (unpaired) electrons. The molecule has 9 heteroatoms. The Labute approximate surface area is 165 Å². The molecule has 3 rings (SSSR count). The number of esters is 1. The first-order chi connectivity index (χ1) is 13.8.